The van der Waals surface area contributed by atoms with Crippen LogP contribution < -0.4 is 5.73 Å². The van der Waals surface area contributed by atoms with E-state index in [0.717, 1.165) is 5.56 Å². The third kappa shape index (κ3) is 2.73. The SMILES string of the molecule is C=CCC(N)C(=O)c1cc(F)ccc1C. The highest BCUT2D eigenvalue weighted by atomic mass is 19.1. The van der Waals surface area contributed by atoms with Crippen molar-refractivity contribution in [3.63, 3.8) is 0 Å². The predicted molar refractivity (Wildman–Crippen MR) is 58.3 cm³/mol. The fourth-order valence-corrected chi connectivity index (χ4v) is 1.35. The maximum Gasteiger partial charge on any atom is 0.180 e. The van der Waals surface area contributed by atoms with Crippen LogP contribution in [0.5, 0.6) is 0 Å². The van der Waals surface area contributed by atoms with Gasteiger partial charge in [0.05, 0.1) is 6.04 Å². The fourth-order valence-electron chi connectivity index (χ4n) is 1.35. The Bertz CT molecular complexity index is 387. The molecule has 0 saturated heterocycles. The normalized spacial score (nSPS) is 12.2. The van der Waals surface area contributed by atoms with Gasteiger partial charge in [0.2, 0.25) is 0 Å². The largest absolute Gasteiger partial charge is 0.321 e. The second kappa shape index (κ2) is 4.84. The maximum absolute atomic E-state index is 12.9. The molecular weight excluding hydrogens is 193 g/mol. The van der Waals surface area contributed by atoms with Gasteiger partial charge >= 0.3 is 0 Å². The van der Waals surface area contributed by atoms with E-state index in [1.165, 1.54) is 12.1 Å². The van der Waals surface area contributed by atoms with Gasteiger partial charge in [0.25, 0.3) is 0 Å². The van der Waals surface area contributed by atoms with Crippen LogP contribution in [0.2, 0.25) is 0 Å². The first-order valence-corrected chi connectivity index (χ1v) is 4.73. The van der Waals surface area contributed by atoms with Crippen molar-refractivity contribution < 1.29 is 9.18 Å². The molecular formula is C12H14FNO. The van der Waals surface area contributed by atoms with E-state index in [-0.39, 0.29) is 5.78 Å². The Hall–Kier alpha value is -1.48. The quantitative estimate of drug-likeness (QED) is 0.607. The van der Waals surface area contributed by atoms with Crippen molar-refractivity contribution in [3.8, 4) is 0 Å². The summed E-state index contributed by atoms with van der Waals surface area (Å²) in [6.45, 7) is 5.27. The van der Waals surface area contributed by atoms with Gasteiger partial charge in [-0.3, -0.25) is 4.79 Å². The van der Waals surface area contributed by atoms with Gasteiger partial charge < -0.3 is 5.73 Å². The van der Waals surface area contributed by atoms with E-state index in [0.29, 0.717) is 12.0 Å². The molecule has 80 valence electrons. The summed E-state index contributed by atoms with van der Waals surface area (Å²) in [7, 11) is 0. The molecule has 2 nitrogen and oxygen atoms in total. The molecule has 1 aromatic carbocycles. The van der Waals surface area contributed by atoms with Crippen molar-refractivity contribution in [1.29, 1.82) is 0 Å². The van der Waals surface area contributed by atoms with E-state index in [4.69, 9.17) is 5.73 Å². The lowest BCUT2D eigenvalue weighted by atomic mass is 9.98. The first kappa shape index (κ1) is 11.6. The van der Waals surface area contributed by atoms with Crippen LogP contribution in [-0.4, -0.2) is 11.8 Å². The van der Waals surface area contributed by atoms with Crippen molar-refractivity contribution in [2.24, 2.45) is 5.73 Å². The van der Waals surface area contributed by atoms with E-state index >= 15 is 0 Å². The number of halogens is 1. The molecule has 0 aliphatic heterocycles. The van der Waals surface area contributed by atoms with Crippen molar-refractivity contribution in [2.45, 2.75) is 19.4 Å². The van der Waals surface area contributed by atoms with Crippen molar-refractivity contribution in [2.75, 3.05) is 0 Å². The number of hydrogen-bond donors (Lipinski definition) is 1. The minimum Gasteiger partial charge on any atom is -0.321 e. The lowest BCUT2D eigenvalue weighted by Gasteiger charge is -2.10. The number of nitrogens with two attached hydrogens (primary N) is 1. The van der Waals surface area contributed by atoms with Crippen molar-refractivity contribution >= 4 is 5.78 Å². The van der Waals surface area contributed by atoms with Gasteiger partial charge in [-0.05, 0) is 31.0 Å². The van der Waals surface area contributed by atoms with Gasteiger partial charge in [0, 0.05) is 5.56 Å². The summed E-state index contributed by atoms with van der Waals surface area (Å²) < 4.78 is 12.9. The molecule has 1 atom stereocenters. The van der Waals surface area contributed by atoms with Gasteiger partial charge in [0.15, 0.2) is 5.78 Å². The highest BCUT2D eigenvalue weighted by molar-refractivity contribution is 6.01. The zero-order valence-corrected chi connectivity index (χ0v) is 8.66. The van der Waals surface area contributed by atoms with Crippen molar-refractivity contribution in [3.05, 3.63) is 47.8 Å². The van der Waals surface area contributed by atoms with Crippen LogP contribution in [0.25, 0.3) is 0 Å². The molecule has 1 unspecified atom stereocenters. The molecule has 0 fully saturated rings. The molecule has 0 spiro atoms. The molecule has 2 N–H and O–H groups in total. The Kier molecular flexibility index (Phi) is 3.74. The van der Waals surface area contributed by atoms with Gasteiger partial charge in [-0.25, -0.2) is 4.39 Å². The topological polar surface area (TPSA) is 43.1 Å². The molecule has 0 amide bonds. The lowest BCUT2D eigenvalue weighted by Crippen LogP contribution is -2.30. The van der Waals surface area contributed by atoms with Crippen molar-refractivity contribution in [1.82, 2.24) is 0 Å². The first-order chi connectivity index (χ1) is 7.06. The summed E-state index contributed by atoms with van der Waals surface area (Å²) in [5, 5.41) is 0. The number of carbonyl (C=O) groups excluding carboxylic acids is 1. The Balaban J connectivity index is 2.99. The summed E-state index contributed by atoms with van der Waals surface area (Å²) in [5.74, 6) is -0.665. The molecule has 3 heteroatoms. The van der Waals surface area contributed by atoms with Crippen LogP contribution in [0.1, 0.15) is 22.3 Å². The highest BCUT2D eigenvalue weighted by Crippen LogP contribution is 2.13. The van der Waals surface area contributed by atoms with E-state index in [1.807, 2.05) is 0 Å². The monoisotopic (exact) mass is 207 g/mol. The summed E-state index contributed by atoms with van der Waals surface area (Å²) in [4.78, 5) is 11.8. The van der Waals surface area contributed by atoms with E-state index in [9.17, 15) is 9.18 Å². The van der Waals surface area contributed by atoms with Crippen LogP contribution in [0.4, 0.5) is 4.39 Å². The minimum atomic E-state index is -0.636. The average Bonchev–Trinajstić information content (AvgIpc) is 2.21. The Labute approximate surface area is 88.6 Å². The number of carbonyl (C=O) groups is 1. The molecule has 0 radical (unpaired) electrons. The fraction of sp³-hybridized carbons (Fsp3) is 0.250. The van der Waals surface area contributed by atoms with Crippen LogP contribution in [0, 0.1) is 12.7 Å². The summed E-state index contributed by atoms with van der Waals surface area (Å²) in [6.07, 6.45) is 1.98. The van der Waals surface area contributed by atoms with Crippen LogP contribution in [-0.2, 0) is 0 Å². The first-order valence-electron chi connectivity index (χ1n) is 4.73. The van der Waals surface area contributed by atoms with Crippen LogP contribution in [0.3, 0.4) is 0 Å². The number of Topliss-reactive ketones (excluding diaryl/α,β-unsaturated/α-hetero) is 1. The Morgan fingerprint density at radius 3 is 2.93 bits per heavy atom. The number of aryl methyl sites for hydroxylation is 1. The lowest BCUT2D eigenvalue weighted by molar-refractivity contribution is 0.0961. The van der Waals surface area contributed by atoms with Gasteiger partial charge in [-0.1, -0.05) is 12.1 Å². The van der Waals surface area contributed by atoms with Crippen LogP contribution in [0.15, 0.2) is 30.9 Å². The summed E-state index contributed by atoms with van der Waals surface area (Å²) >= 11 is 0. The molecule has 1 rings (SSSR count). The number of ketones is 1. The third-order valence-electron chi connectivity index (χ3n) is 2.22. The van der Waals surface area contributed by atoms with E-state index in [1.54, 1.807) is 19.1 Å². The van der Waals surface area contributed by atoms with Gasteiger partial charge in [-0.2, -0.15) is 0 Å². The molecule has 15 heavy (non-hydrogen) atoms. The van der Waals surface area contributed by atoms with Crippen LogP contribution >= 0.6 is 0 Å². The zero-order valence-electron chi connectivity index (χ0n) is 8.66. The number of hydrogen-bond acceptors (Lipinski definition) is 2. The third-order valence-corrected chi connectivity index (χ3v) is 2.22. The second-order valence-corrected chi connectivity index (χ2v) is 3.45. The zero-order chi connectivity index (χ0) is 11.4. The molecule has 0 heterocycles. The number of benzene rings is 1. The summed E-state index contributed by atoms with van der Waals surface area (Å²) in [6, 6.07) is 3.48. The molecule has 1 aromatic rings. The van der Waals surface area contributed by atoms with E-state index < -0.39 is 11.9 Å². The maximum atomic E-state index is 12.9. The molecule has 0 aliphatic carbocycles. The van der Waals surface area contributed by atoms with E-state index in [2.05, 4.69) is 6.58 Å². The standard InChI is InChI=1S/C12H14FNO/c1-3-4-11(14)12(15)10-7-9(13)6-5-8(10)2/h3,5-7,11H,1,4,14H2,2H3. The number of rotatable bonds is 4. The summed E-state index contributed by atoms with van der Waals surface area (Å²) in [5.41, 5.74) is 6.72. The molecule has 0 saturated carbocycles. The Morgan fingerprint density at radius 2 is 2.33 bits per heavy atom. The minimum absolute atomic E-state index is 0.244. The predicted octanol–water partition coefficient (Wildman–Crippen LogP) is 2.22. The van der Waals surface area contributed by atoms with Gasteiger partial charge in [-0.15, -0.1) is 6.58 Å². The molecule has 0 bridgehead atoms. The smallest absolute Gasteiger partial charge is 0.180 e. The molecule has 0 aliphatic rings. The highest BCUT2D eigenvalue weighted by Gasteiger charge is 2.16. The second-order valence-electron chi connectivity index (χ2n) is 3.45. The van der Waals surface area contributed by atoms with Gasteiger partial charge in [0.1, 0.15) is 5.82 Å². The Morgan fingerprint density at radius 1 is 1.67 bits per heavy atom. The average molecular weight is 207 g/mol. The molecule has 0 aromatic heterocycles.